The summed E-state index contributed by atoms with van der Waals surface area (Å²) >= 11 is 0. The van der Waals surface area contributed by atoms with Gasteiger partial charge in [0.2, 0.25) is 5.95 Å². The molecule has 11 heteroatoms. The first-order valence-corrected chi connectivity index (χ1v) is 13.4. The molecule has 3 aromatic rings. The molecule has 1 aromatic heterocycles. The lowest BCUT2D eigenvalue weighted by Crippen LogP contribution is -2.56. The predicted octanol–water partition coefficient (Wildman–Crippen LogP) is 2.79. The van der Waals surface area contributed by atoms with Crippen LogP contribution in [0.1, 0.15) is 12.0 Å². The molecule has 3 saturated heterocycles. The van der Waals surface area contributed by atoms with E-state index in [0.29, 0.717) is 47.6 Å². The second-order valence-electron chi connectivity index (χ2n) is 10.2. The number of hydrogen-bond donors (Lipinski definition) is 3. The van der Waals surface area contributed by atoms with Gasteiger partial charge in [-0.05, 0) is 55.4 Å². The summed E-state index contributed by atoms with van der Waals surface area (Å²) in [4.78, 5) is 18.1. The molecule has 3 fully saturated rings. The first-order valence-electron chi connectivity index (χ1n) is 13.4. The molecule has 202 valence electrons. The lowest BCUT2D eigenvalue weighted by molar-refractivity contribution is -0.0660. The van der Waals surface area contributed by atoms with Crippen molar-refractivity contribution in [3.8, 4) is 17.5 Å². The molecule has 2 aromatic carbocycles. The molecule has 3 aliphatic heterocycles. The summed E-state index contributed by atoms with van der Waals surface area (Å²) in [6.45, 7) is 6.91. The SMILES string of the molecule is N#Cc1cc(-c2ncnc(Nc3ccc(N4CCN(C5COC5)CC4)cc3)n2)ccc1N[C@H]1CCNC[C@H]1F. The molecule has 0 spiro atoms. The summed E-state index contributed by atoms with van der Waals surface area (Å²) in [7, 11) is 0. The van der Waals surface area contributed by atoms with Crippen molar-refractivity contribution in [2.75, 3.05) is 68.0 Å². The van der Waals surface area contributed by atoms with Gasteiger partial charge in [0, 0.05) is 49.7 Å². The molecule has 0 radical (unpaired) electrons. The van der Waals surface area contributed by atoms with E-state index in [2.05, 4.69) is 58.9 Å². The normalized spacial score (nSPS) is 22.1. The Morgan fingerprint density at radius 1 is 1.05 bits per heavy atom. The van der Waals surface area contributed by atoms with Crippen LogP contribution in [0.4, 0.5) is 27.4 Å². The maximum Gasteiger partial charge on any atom is 0.230 e. The maximum absolute atomic E-state index is 14.3. The van der Waals surface area contributed by atoms with Gasteiger partial charge in [-0.1, -0.05) is 0 Å². The van der Waals surface area contributed by atoms with Crippen molar-refractivity contribution in [2.45, 2.75) is 24.7 Å². The van der Waals surface area contributed by atoms with Gasteiger partial charge in [0.05, 0.1) is 36.5 Å². The highest BCUT2D eigenvalue weighted by atomic mass is 19.1. The minimum atomic E-state index is -1.01. The van der Waals surface area contributed by atoms with E-state index in [9.17, 15) is 9.65 Å². The quantitative estimate of drug-likeness (QED) is 0.422. The van der Waals surface area contributed by atoms with Crippen LogP contribution < -0.4 is 20.9 Å². The third kappa shape index (κ3) is 5.78. The number of rotatable bonds is 7. The number of aromatic nitrogens is 3. The van der Waals surface area contributed by atoms with Gasteiger partial charge in [0.25, 0.3) is 0 Å². The van der Waals surface area contributed by atoms with Gasteiger partial charge >= 0.3 is 0 Å². The summed E-state index contributed by atoms with van der Waals surface area (Å²) in [5, 5.41) is 19.2. The van der Waals surface area contributed by atoms with Gasteiger partial charge in [0.1, 0.15) is 18.6 Å². The summed E-state index contributed by atoms with van der Waals surface area (Å²) in [5.74, 6) is 0.868. The summed E-state index contributed by atoms with van der Waals surface area (Å²) in [6.07, 6.45) is 1.10. The lowest BCUT2D eigenvalue weighted by atomic mass is 10.0. The third-order valence-electron chi connectivity index (χ3n) is 7.66. The van der Waals surface area contributed by atoms with Crippen molar-refractivity contribution in [3.05, 3.63) is 54.4 Å². The minimum Gasteiger partial charge on any atom is -0.378 e. The van der Waals surface area contributed by atoms with Crippen molar-refractivity contribution >= 4 is 23.0 Å². The highest BCUT2D eigenvalue weighted by molar-refractivity contribution is 5.68. The largest absolute Gasteiger partial charge is 0.378 e. The van der Waals surface area contributed by atoms with E-state index in [1.165, 1.54) is 12.0 Å². The van der Waals surface area contributed by atoms with Crippen LogP contribution in [0.3, 0.4) is 0 Å². The van der Waals surface area contributed by atoms with Crippen LogP contribution in [0, 0.1) is 11.3 Å². The number of nitrogens with zero attached hydrogens (tertiary/aromatic N) is 6. The van der Waals surface area contributed by atoms with Crippen molar-refractivity contribution in [2.24, 2.45) is 0 Å². The van der Waals surface area contributed by atoms with Crippen molar-refractivity contribution < 1.29 is 9.13 Å². The topological polar surface area (TPSA) is 114 Å². The Kier molecular flexibility index (Phi) is 7.49. The molecule has 0 aliphatic carbocycles. The molecular weight excluding hydrogens is 497 g/mol. The van der Waals surface area contributed by atoms with Gasteiger partial charge < -0.3 is 25.6 Å². The molecule has 10 nitrogen and oxygen atoms in total. The zero-order valence-corrected chi connectivity index (χ0v) is 21.7. The van der Waals surface area contributed by atoms with E-state index in [4.69, 9.17) is 4.74 Å². The minimum absolute atomic E-state index is 0.314. The first kappa shape index (κ1) is 25.4. The second kappa shape index (κ2) is 11.5. The molecule has 0 saturated carbocycles. The van der Waals surface area contributed by atoms with Gasteiger partial charge in [-0.15, -0.1) is 0 Å². The lowest BCUT2D eigenvalue weighted by Gasteiger charge is -2.43. The average molecular weight is 530 g/mol. The van der Waals surface area contributed by atoms with Crippen LogP contribution in [0.2, 0.25) is 0 Å². The van der Waals surface area contributed by atoms with Crippen LogP contribution in [-0.2, 0) is 4.74 Å². The Morgan fingerprint density at radius 3 is 2.59 bits per heavy atom. The Balaban J connectivity index is 1.10. The number of ether oxygens (including phenoxy) is 1. The fraction of sp³-hybridized carbons (Fsp3) is 0.429. The van der Waals surface area contributed by atoms with Crippen molar-refractivity contribution in [3.63, 3.8) is 0 Å². The van der Waals surface area contributed by atoms with Crippen molar-refractivity contribution in [1.82, 2.24) is 25.2 Å². The number of piperazine rings is 1. The van der Waals surface area contributed by atoms with Crippen LogP contribution in [0.5, 0.6) is 0 Å². The third-order valence-corrected chi connectivity index (χ3v) is 7.66. The van der Waals surface area contributed by atoms with Crippen LogP contribution in [0.15, 0.2) is 48.8 Å². The maximum atomic E-state index is 14.3. The molecule has 39 heavy (non-hydrogen) atoms. The molecule has 2 atom stereocenters. The monoisotopic (exact) mass is 529 g/mol. The second-order valence-corrected chi connectivity index (χ2v) is 10.2. The van der Waals surface area contributed by atoms with Gasteiger partial charge in [-0.3, -0.25) is 4.90 Å². The predicted molar refractivity (Wildman–Crippen MR) is 148 cm³/mol. The molecule has 0 bridgehead atoms. The highest BCUT2D eigenvalue weighted by Crippen LogP contribution is 2.26. The number of halogens is 1. The first-order chi connectivity index (χ1) is 19.2. The smallest absolute Gasteiger partial charge is 0.230 e. The number of anilines is 4. The fourth-order valence-electron chi connectivity index (χ4n) is 5.24. The van der Waals surface area contributed by atoms with E-state index >= 15 is 0 Å². The van der Waals surface area contributed by atoms with E-state index < -0.39 is 6.17 Å². The number of alkyl halides is 1. The van der Waals surface area contributed by atoms with E-state index in [-0.39, 0.29) is 6.04 Å². The zero-order valence-electron chi connectivity index (χ0n) is 21.7. The molecule has 0 unspecified atom stereocenters. The van der Waals surface area contributed by atoms with Gasteiger partial charge in [0.15, 0.2) is 5.82 Å². The number of nitrogens with one attached hydrogen (secondary N) is 3. The molecule has 3 N–H and O–H groups in total. The van der Waals surface area contributed by atoms with Crippen LogP contribution >= 0.6 is 0 Å². The Hall–Kier alpha value is -3.85. The van der Waals surface area contributed by atoms with Gasteiger partial charge in [-0.25, -0.2) is 14.4 Å². The molecule has 4 heterocycles. The Morgan fingerprint density at radius 2 is 1.87 bits per heavy atom. The number of hydrogen-bond acceptors (Lipinski definition) is 10. The molecule has 0 amide bonds. The standard InChI is InChI=1S/C28H32FN9O/c29-24-15-31-8-7-26(24)35-25-6-1-19(13-20(25)14-30)27-32-18-33-28(36-27)34-21-2-4-22(5-3-21)37-9-11-38(12-10-37)23-16-39-17-23/h1-6,13,18,23-24,26,31,35H,7-12,15-17H2,(H,32,33,34,36)/t24-,26+/m1/s1. The van der Waals surface area contributed by atoms with Crippen LogP contribution in [0.25, 0.3) is 11.4 Å². The van der Waals surface area contributed by atoms with E-state index in [0.717, 1.165) is 51.6 Å². The molecule has 6 rings (SSSR count). The number of benzene rings is 2. The zero-order chi connectivity index (χ0) is 26.6. The van der Waals surface area contributed by atoms with Crippen LogP contribution in [-0.4, -0.2) is 90.6 Å². The number of nitriles is 1. The molecule has 3 aliphatic rings. The van der Waals surface area contributed by atoms with E-state index in [1.54, 1.807) is 12.1 Å². The van der Waals surface area contributed by atoms with Gasteiger partial charge in [-0.2, -0.15) is 10.2 Å². The Labute approximate surface area is 227 Å². The number of piperidine rings is 1. The molecular formula is C28H32FN9O. The summed E-state index contributed by atoms with van der Waals surface area (Å²) in [5.41, 5.74) is 3.80. The average Bonchev–Trinajstić information content (AvgIpc) is 2.95. The fourth-order valence-corrected chi connectivity index (χ4v) is 5.24. The summed E-state index contributed by atoms with van der Waals surface area (Å²) in [6, 6.07) is 16.1. The van der Waals surface area contributed by atoms with Crippen molar-refractivity contribution in [1.29, 1.82) is 5.26 Å². The highest BCUT2D eigenvalue weighted by Gasteiger charge is 2.29. The van der Waals surface area contributed by atoms with E-state index in [1.807, 2.05) is 18.2 Å². The Bertz CT molecular complexity index is 1320. The summed E-state index contributed by atoms with van der Waals surface area (Å²) < 4.78 is 19.6.